The van der Waals surface area contributed by atoms with Crippen LogP contribution in [0.5, 0.6) is 0 Å². The highest BCUT2D eigenvalue weighted by molar-refractivity contribution is 6.01. The molecule has 2 aliphatic rings. The van der Waals surface area contributed by atoms with Crippen molar-refractivity contribution in [2.75, 3.05) is 13.1 Å². The van der Waals surface area contributed by atoms with Gasteiger partial charge in [0.05, 0.1) is 11.4 Å². The van der Waals surface area contributed by atoms with Gasteiger partial charge < -0.3 is 4.90 Å². The third kappa shape index (κ3) is 2.64. The highest BCUT2D eigenvalue weighted by Gasteiger charge is 2.32. The predicted octanol–water partition coefficient (Wildman–Crippen LogP) is 2.50. The summed E-state index contributed by atoms with van der Waals surface area (Å²) in [5.74, 6) is 0.662. The van der Waals surface area contributed by atoms with E-state index in [2.05, 4.69) is 20.3 Å². The van der Waals surface area contributed by atoms with Gasteiger partial charge in [0.2, 0.25) is 0 Å². The molecule has 1 amide bonds. The Kier molecular flexibility index (Phi) is 3.60. The van der Waals surface area contributed by atoms with E-state index in [1.54, 1.807) is 4.52 Å². The Morgan fingerprint density at radius 3 is 2.74 bits per heavy atom. The minimum Gasteiger partial charge on any atom is -0.338 e. The van der Waals surface area contributed by atoms with Crippen LogP contribution in [-0.4, -0.2) is 48.7 Å². The van der Waals surface area contributed by atoms with Crippen molar-refractivity contribution in [1.29, 1.82) is 0 Å². The van der Waals surface area contributed by atoms with Gasteiger partial charge in [0.15, 0.2) is 5.65 Å². The van der Waals surface area contributed by atoms with E-state index in [-0.39, 0.29) is 5.91 Å². The van der Waals surface area contributed by atoms with Gasteiger partial charge in [-0.2, -0.15) is 10.2 Å². The fourth-order valence-electron chi connectivity index (χ4n) is 4.24. The molecule has 0 bridgehead atoms. The van der Waals surface area contributed by atoms with Crippen LogP contribution >= 0.6 is 0 Å². The third-order valence-corrected chi connectivity index (χ3v) is 5.78. The lowest BCUT2D eigenvalue weighted by Gasteiger charge is -2.20. The summed E-state index contributed by atoms with van der Waals surface area (Å²) in [7, 11) is 0. The summed E-state index contributed by atoms with van der Waals surface area (Å²) < 4.78 is 1.78. The van der Waals surface area contributed by atoms with Crippen LogP contribution in [0.25, 0.3) is 5.65 Å². The average Bonchev–Trinajstić information content (AvgIpc) is 3.36. The molecular weight excluding hydrogens is 340 g/mol. The second-order valence-electron chi connectivity index (χ2n) is 7.87. The zero-order valence-electron chi connectivity index (χ0n) is 16.0. The molecule has 0 atom stereocenters. The van der Waals surface area contributed by atoms with Crippen LogP contribution < -0.4 is 0 Å². The summed E-state index contributed by atoms with van der Waals surface area (Å²) in [5.41, 5.74) is 7.71. The SMILES string of the molecule is Cc1cc(C)n2nc(C)c(C(=O)N3CCc4[nH]nc(C5CC5)c4CC3)c2n1. The molecule has 4 heterocycles. The van der Waals surface area contributed by atoms with Gasteiger partial charge in [-0.15, -0.1) is 0 Å². The fraction of sp³-hybridized carbons (Fsp3) is 0.500. The summed E-state index contributed by atoms with van der Waals surface area (Å²) in [6, 6.07) is 1.98. The highest BCUT2D eigenvalue weighted by Crippen LogP contribution is 2.41. The largest absolute Gasteiger partial charge is 0.338 e. The molecule has 1 aliphatic carbocycles. The highest BCUT2D eigenvalue weighted by atomic mass is 16.2. The number of amides is 1. The number of carbonyl (C=O) groups excluding carboxylic acids is 1. The molecule has 0 aromatic carbocycles. The number of rotatable bonds is 2. The Morgan fingerprint density at radius 1 is 1.19 bits per heavy atom. The maximum absolute atomic E-state index is 13.4. The average molecular weight is 364 g/mol. The van der Waals surface area contributed by atoms with Gasteiger partial charge in [-0.3, -0.25) is 9.89 Å². The van der Waals surface area contributed by atoms with Gasteiger partial charge >= 0.3 is 0 Å². The Labute approximate surface area is 157 Å². The number of hydrogen-bond donors (Lipinski definition) is 1. The molecule has 5 rings (SSSR count). The minimum atomic E-state index is 0.0334. The molecule has 1 N–H and O–H groups in total. The zero-order chi connectivity index (χ0) is 18.7. The lowest BCUT2D eigenvalue weighted by Crippen LogP contribution is -2.34. The fourth-order valence-corrected chi connectivity index (χ4v) is 4.24. The van der Waals surface area contributed by atoms with Crippen molar-refractivity contribution in [3.8, 4) is 0 Å². The molecule has 1 fully saturated rings. The van der Waals surface area contributed by atoms with Crippen LogP contribution in [0.4, 0.5) is 0 Å². The standard InChI is InChI=1S/C20H24N6O/c1-11-10-12(2)26-19(21-11)17(13(3)24-26)20(27)25-8-6-15-16(7-9-25)22-23-18(15)14-4-5-14/h10,14H,4-9H2,1-3H3,(H,22,23). The van der Waals surface area contributed by atoms with E-state index >= 15 is 0 Å². The molecule has 140 valence electrons. The number of aromatic nitrogens is 5. The molecule has 7 nitrogen and oxygen atoms in total. The van der Waals surface area contributed by atoms with E-state index in [1.807, 2.05) is 31.7 Å². The van der Waals surface area contributed by atoms with Crippen molar-refractivity contribution in [1.82, 2.24) is 29.7 Å². The quantitative estimate of drug-likeness (QED) is 0.758. The summed E-state index contributed by atoms with van der Waals surface area (Å²) in [5, 5.41) is 12.3. The van der Waals surface area contributed by atoms with Gasteiger partial charge in [-0.25, -0.2) is 9.50 Å². The van der Waals surface area contributed by atoms with Crippen LogP contribution in [-0.2, 0) is 12.8 Å². The molecule has 1 saturated carbocycles. The molecule has 0 unspecified atom stereocenters. The first-order chi connectivity index (χ1) is 13.0. The molecule has 0 saturated heterocycles. The van der Waals surface area contributed by atoms with E-state index in [4.69, 9.17) is 0 Å². The van der Waals surface area contributed by atoms with E-state index in [0.29, 0.717) is 30.2 Å². The molecule has 0 spiro atoms. The number of hydrogen-bond acceptors (Lipinski definition) is 4. The van der Waals surface area contributed by atoms with Crippen LogP contribution in [0.2, 0.25) is 0 Å². The number of H-pyrrole nitrogens is 1. The smallest absolute Gasteiger partial charge is 0.259 e. The molecule has 0 radical (unpaired) electrons. The lowest BCUT2D eigenvalue weighted by atomic mass is 10.1. The number of aryl methyl sites for hydroxylation is 3. The monoisotopic (exact) mass is 364 g/mol. The summed E-state index contributed by atoms with van der Waals surface area (Å²) in [4.78, 5) is 19.9. The lowest BCUT2D eigenvalue weighted by molar-refractivity contribution is 0.0763. The van der Waals surface area contributed by atoms with E-state index in [0.717, 1.165) is 29.9 Å². The van der Waals surface area contributed by atoms with Crippen molar-refractivity contribution >= 4 is 11.6 Å². The summed E-state index contributed by atoms with van der Waals surface area (Å²) >= 11 is 0. The zero-order valence-corrected chi connectivity index (χ0v) is 16.0. The Morgan fingerprint density at radius 2 is 1.96 bits per heavy atom. The molecule has 3 aromatic rings. The first kappa shape index (κ1) is 16.5. The number of aromatic amines is 1. The van der Waals surface area contributed by atoms with Crippen LogP contribution in [0, 0.1) is 20.8 Å². The summed E-state index contributed by atoms with van der Waals surface area (Å²) in [6.07, 6.45) is 4.18. The van der Waals surface area contributed by atoms with Gasteiger partial charge in [0.1, 0.15) is 5.56 Å². The van der Waals surface area contributed by atoms with Crippen molar-refractivity contribution in [3.05, 3.63) is 45.7 Å². The van der Waals surface area contributed by atoms with Gasteiger partial charge in [0.25, 0.3) is 5.91 Å². The molecule has 27 heavy (non-hydrogen) atoms. The van der Waals surface area contributed by atoms with Crippen LogP contribution in [0.1, 0.15) is 63.2 Å². The van der Waals surface area contributed by atoms with E-state index < -0.39 is 0 Å². The number of fused-ring (bicyclic) bond motifs is 2. The van der Waals surface area contributed by atoms with Crippen molar-refractivity contribution in [2.45, 2.75) is 52.4 Å². The van der Waals surface area contributed by atoms with Gasteiger partial charge in [-0.05, 0) is 51.7 Å². The molecular formula is C20H24N6O. The van der Waals surface area contributed by atoms with Crippen molar-refractivity contribution in [3.63, 3.8) is 0 Å². The van der Waals surface area contributed by atoms with Crippen LogP contribution in [0.3, 0.4) is 0 Å². The Hall–Kier alpha value is -2.70. The normalized spacial score (nSPS) is 17.2. The Bertz CT molecular complexity index is 1060. The summed E-state index contributed by atoms with van der Waals surface area (Å²) in [6.45, 7) is 7.25. The maximum atomic E-state index is 13.4. The molecule has 1 aliphatic heterocycles. The topological polar surface area (TPSA) is 79.2 Å². The van der Waals surface area contributed by atoms with E-state index in [9.17, 15) is 4.79 Å². The number of nitrogens with one attached hydrogen (secondary N) is 1. The number of nitrogens with zero attached hydrogens (tertiary/aromatic N) is 5. The van der Waals surface area contributed by atoms with E-state index in [1.165, 1.54) is 29.8 Å². The van der Waals surface area contributed by atoms with Crippen LogP contribution in [0.15, 0.2) is 6.07 Å². The van der Waals surface area contributed by atoms with Gasteiger partial charge in [-0.1, -0.05) is 0 Å². The predicted molar refractivity (Wildman–Crippen MR) is 101 cm³/mol. The minimum absolute atomic E-state index is 0.0334. The second-order valence-corrected chi connectivity index (χ2v) is 7.87. The molecule has 7 heteroatoms. The van der Waals surface area contributed by atoms with Gasteiger partial charge in [0, 0.05) is 42.5 Å². The first-order valence-electron chi connectivity index (χ1n) is 9.72. The van der Waals surface area contributed by atoms with Crippen molar-refractivity contribution in [2.24, 2.45) is 0 Å². The molecule has 3 aromatic heterocycles. The first-order valence-corrected chi connectivity index (χ1v) is 9.72. The Balaban J connectivity index is 1.47. The maximum Gasteiger partial charge on any atom is 0.259 e. The van der Waals surface area contributed by atoms with Crippen molar-refractivity contribution < 1.29 is 4.79 Å². The second kappa shape index (κ2) is 5.90. The number of carbonyl (C=O) groups is 1. The third-order valence-electron chi connectivity index (χ3n) is 5.78.